The summed E-state index contributed by atoms with van der Waals surface area (Å²) in [5.41, 5.74) is 3.24. The summed E-state index contributed by atoms with van der Waals surface area (Å²) in [7, 11) is 1.78. The number of nitrogens with zero attached hydrogens (tertiary/aromatic N) is 2. The highest BCUT2D eigenvalue weighted by atomic mass is 35.5. The number of hydrogen-bond acceptors (Lipinski definition) is 4. The fourth-order valence-corrected chi connectivity index (χ4v) is 3.39. The number of carboxylic acids is 1. The molecule has 0 fully saturated rings. The molecule has 2 N–H and O–H groups in total. The van der Waals surface area contributed by atoms with Gasteiger partial charge in [-0.05, 0) is 18.1 Å². The Labute approximate surface area is 149 Å². The maximum absolute atomic E-state index is 12.2. The van der Waals surface area contributed by atoms with E-state index in [4.69, 9.17) is 21.4 Å². The zero-order valence-corrected chi connectivity index (χ0v) is 14.6. The Balaban J connectivity index is 2.02. The summed E-state index contributed by atoms with van der Waals surface area (Å²) < 4.78 is 6.81. The molecule has 7 nitrogen and oxygen atoms in total. The molecule has 0 saturated carbocycles. The minimum Gasteiger partial charge on any atom is -0.482 e. The van der Waals surface area contributed by atoms with Crippen molar-refractivity contribution < 1.29 is 19.4 Å². The van der Waals surface area contributed by atoms with Crippen molar-refractivity contribution in [2.75, 3.05) is 11.9 Å². The van der Waals surface area contributed by atoms with Crippen LogP contribution in [-0.4, -0.2) is 33.4 Å². The van der Waals surface area contributed by atoms with Crippen molar-refractivity contribution in [2.45, 2.75) is 25.7 Å². The Kier molecular flexibility index (Phi) is 4.67. The van der Waals surface area contributed by atoms with E-state index in [1.54, 1.807) is 23.9 Å². The van der Waals surface area contributed by atoms with E-state index in [9.17, 15) is 9.59 Å². The summed E-state index contributed by atoms with van der Waals surface area (Å²) in [6.07, 6.45) is 0.990. The number of benzene rings is 1. The first-order valence-electron chi connectivity index (χ1n) is 7.90. The lowest BCUT2D eigenvalue weighted by Crippen LogP contribution is -2.24. The van der Waals surface area contributed by atoms with Crippen molar-refractivity contribution in [2.24, 2.45) is 7.05 Å². The number of halogens is 1. The molecule has 3 rings (SSSR count). The molecule has 1 aromatic carbocycles. The summed E-state index contributed by atoms with van der Waals surface area (Å²) in [6.45, 7) is 1.55. The minimum absolute atomic E-state index is 0.130. The zero-order chi connectivity index (χ0) is 18.1. The maximum atomic E-state index is 12.2. The number of aryl methyl sites for hydroxylation is 2. The van der Waals surface area contributed by atoms with E-state index in [2.05, 4.69) is 10.4 Å². The highest BCUT2D eigenvalue weighted by Crippen LogP contribution is 2.42. The molecule has 1 aromatic heterocycles. The van der Waals surface area contributed by atoms with Gasteiger partial charge in [-0.1, -0.05) is 24.6 Å². The molecule has 0 bridgehead atoms. The monoisotopic (exact) mass is 363 g/mol. The average Bonchev–Trinajstić information content (AvgIpc) is 2.86. The van der Waals surface area contributed by atoms with Crippen LogP contribution in [0.25, 0.3) is 0 Å². The first kappa shape index (κ1) is 17.3. The molecule has 1 atom stereocenters. The van der Waals surface area contributed by atoms with Gasteiger partial charge in [-0.15, -0.1) is 0 Å². The molecule has 0 radical (unpaired) electrons. The van der Waals surface area contributed by atoms with E-state index in [0.29, 0.717) is 23.0 Å². The highest BCUT2D eigenvalue weighted by Gasteiger charge is 2.32. The number of amides is 1. The molecule has 132 valence electrons. The van der Waals surface area contributed by atoms with Crippen LogP contribution in [-0.2, 0) is 23.1 Å². The second-order valence-corrected chi connectivity index (χ2v) is 6.22. The fraction of sp³-hybridized carbons (Fsp3) is 0.353. The standard InChI is InChI=1S/C17H18ClN3O4/c1-3-12-16(17(18)21(2)20-12)11-7-14(22)19-13-6-9(4-5-10(11)13)25-8-15(23)24/h4-6,11H,3,7-8H2,1-2H3,(H,19,22)(H,23,24)/t11-/m1/s1. The number of carbonyl (C=O) groups excluding carboxylic acids is 1. The van der Waals surface area contributed by atoms with Crippen molar-refractivity contribution in [1.82, 2.24) is 9.78 Å². The normalized spacial score (nSPS) is 16.3. The topological polar surface area (TPSA) is 93.5 Å². The predicted molar refractivity (Wildman–Crippen MR) is 92.3 cm³/mol. The van der Waals surface area contributed by atoms with Crippen molar-refractivity contribution in [3.63, 3.8) is 0 Å². The lowest BCUT2D eigenvalue weighted by atomic mass is 9.84. The van der Waals surface area contributed by atoms with Gasteiger partial charge in [-0.3, -0.25) is 9.48 Å². The number of aromatic nitrogens is 2. The molecule has 0 spiro atoms. The van der Waals surface area contributed by atoms with Gasteiger partial charge in [0.2, 0.25) is 5.91 Å². The van der Waals surface area contributed by atoms with E-state index < -0.39 is 12.6 Å². The van der Waals surface area contributed by atoms with Crippen LogP contribution in [0.15, 0.2) is 18.2 Å². The van der Waals surface area contributed by atoms with Gasteiger partial charge in [0, 0.05) is 36.7 Å². The molecular weight excluding hydrogens is 346 g/mol. The van der Waals surface area contributed by atoms with Gasteiger partial charge < -0.3 is 15.2 Å². The predicted octanol–water partition coefficient (Wildman–Crippen LogP) is 2.57. The van der Waals surface area contributed by atoms with Crippen molar-refractivity contribution in [3.05, 3.63) is 40.2 Å². The average molecular weight is 364 g/mol. The molecule has 1 aliphatic rings. The van der Waals surface area contributed by atoms with Gasteiger partial charge in [0.1, 0.15) is 10.9 Å². The van der Waals surface area contributed by atoms with E-state index in [1.165, 1.54) is 0 Å². The molecule has 0 aliphatic carbocycles. The van der Waals surface area contributed by atoms with E-state index in [1.807, 2.05) is 13.0 Å². The van der Waals surface area contributed by atoms with E-state index in [0.717, 1.165) is 16.8 Å². The Morgan fingerprint density at radius 2 is 2.28 bits per heavy atom. The fourth-order valence-electron chi connectivity index (χ4n) is 3.11. The summed E-state index contributed by atoms with van der Waals surface area (Å²) in [5.74, 6) is -1.01. The first-order valence-corrected chi connectivity index (χ1v) is 8.28. The van der Waals surface area contributed by atoms with Crippen LogP contribution in [0, 0.1) is 0 Å². The summed E-state index contributed by atoms with van der Waals surface area (Å²) in [5, 5.41) is 16.5. The number of ether oxygens (including phenoxy) is 1. The third kappa shape index (κ3) is 3.32. The largest absolute Gasteiger partial charge is 0.482 e. The number of aliphatic carboxylic acids is 1. The summed E-state index contributed by atoms with van der Waals surface area (Å²) >= 11 is 6.43. The first-order chi connectivity index (χ1) is 11.9. The molecule has 1 amide bonds. The molecule has 25 heavy (non-hydrogen) atoms. The van der Waals surface area contributed by atoms with Gasteiger partial charge >= 0.3 is 5.97 Å². The number of fused-ring (bicyclic) bond motifs is 1. The van der Waals surface area contributed by atoms with Crippen molar-refractivity contribution in [3.8, 4) is 5.75 Å². The third-order valence-electron chi connectivity index (χ3n) is 4.20. The number of anilines is 1. The minimum atomic E-state index is -1.06. The number of nitrogens with one attached hydrogen (secondary N) is 1. The van der Waals surface area contributed by atoms with Crippen LogP contribution < -0.4 is 10.1 Å². The second-order valence-electron chi connectivity index (χ2n) is 5.86. The van der Waals surface area contributed by atoms with Gasteiger partial charge in [0.25, 0.3) is 0 Å². The van der Waals surface area contributed by atoms with E-state index in [-0.39, 0.29) is 18.2 Å². The van der Waals surface area contributed by atoms with Crippen molar-refractivity contribution >= 4 is 29.2 Å². The van der Waals surface area contributed by atoms with Gasteiger partial charge in [0.15, 0.2) is 6.61 Å². The maximum Gasteiger partial charge on any atom is 0.341 e. The molecule has 2 aromatic rings. The Morgan fingerprint density at radius 3 is 2.96 bits per heavy atom. The number of carboxylic acid groups (broad SMARTS) is 1. The smallest absolute Gasteiger partial charge is 0.341 e. The third-order valence-corrected chi connectivity index (χ3v) is 4.65. The van der Waals surface area contributed by atoms with Crippen LogP contribution in [0.1, 0.15) is 36.1 Å². The second kappa shape index (κ2) is 6.76. The highest BCUT2D eigenvalue weighted by molar-refractivity contribution is 6.30. The number of hydrogen-bond donors (Lipinski definition) is 2. The quantitative estimate of drug-likeness (QED) is 0.851. The number of carbonyl (C=O) groups is 2. The van der Waals surface area contributed by atoms with Crippen molar-refractivity contribution in [1.29, 1.82) is 0 Å². The van der Waals surface area contributed by atoms with Crippen LogP contribution in [0.4, 0.5) is 5.69 Å². The molecule has 2 heterocycles. The van der Waals surface area contributed by atoms with E-state index >= 15 is 0 Å². The zero-order valence-electron chi connectivity index (χ0n) is 13.9. The van der Waals surface area contributed by atoms with Crippen LogP contribution in [0.2, 0.25) is 5.15 Å². The van der Waals surface area contributed by atoms with Crippen LogP contribution in [0.3, 0.4) is 0 Å². The molecule has 0 unspecified atom stereocenters. The van der Waals surface area contributed by atoms with Gasteiger partial charge in [-0.25, -0.2) is 4.79 Å². The lowest BCUT2D eigenvalue weighted by Gasteiger charge is -2.26. The SMILES string of the molecule is CCc1nn(C)c(Cl)c1[C@@H]1CC(=O)Nc2cc(OCC(=O)O)ccc21. The van der Waals surface area contributed by atoms with Crippen LogP contribution in [0.5, 0.6) is 5.75 Å². The Bertz CT molecular complexity index is 847. The Morgan fingerprint density at radius 1 is 1.52 bits per heavy atom. The summed E-state index contributed by atoms with van der Waals surface area (Å²) in [4.78, 5) is 22.8. The molecular formula is C17H18ClN3O4. The lowest BCUT2D eigenvalue weighted by molar-refractivity contribution is -0.139. The molecule has 8 heteroatoms. The number of rotatable bonds is 5. The van der Waals surface area contributed by atoms with Gasteiger partial charge in [-0.2, -0.15) is 5.10 Å². The van der Waals surface area contributed by atoms with Gasteiger partial charge in [0.05, 0.1) is 5.69 Å². The summed E-state index contributed by atoms with van der Waals surface area (Å²) in [6, 6.07) is 5.17. The van der Waals surface area contributed by atoms with Crippen LogP contribution >= 0.6 is 11.6 Å². The molecule has 1 aliphatic heterocycles. The Hall–Kier alpha value is -2.54. The molecule has 0 saturated heterocycles.